The SMILES string of the molecule is C=CC[N+](CC=C)(CCCC)CCCCCCCCCC. The van der Waals surface area contributed by atoms with Gasteiger partial charge in [0.05, 0.1) is 26.2 Å². The first-order chi connectivity index (χ1) is 10.2. The van der Waals surface area contributed by atoms with Crippen LogP contribution in [-0.2, 0) is 0 Å². The Morgan fingerprint density at radius 2 is 1.05 bits per heavy atom. The van der Waals surface area contributed by atoms with Crippen LogP contribution >= 0.6 is 0 Å². The van der Waals surface area contributed by atoms with E-state index in [4.69, 9.17) is 0 Å². The van der Waals surface area contributed by atoms with Crippen molar-refractivity contribution in [3.8, 4) is 0 Å². The summed E-state index contributed by atoms with van der Waals surface area (Å²) in [7, 11) is 0. The van der Waals surface area contributed by atoms with Crippen molar-refractivity contribution in [2.75, 3.05) is 26.2 Å². The molecule has 0 aliphatic rings. The Hall–Kier alpha value is -0.560. The summed E-state index contributed by atoms with van der Waals surface area (Å²) in [5.74, 6) is 0. The van der Waals surface area contributed by atoms with Gasteiger partial charge in [0.2, 0.25) is 0 Å². The standard InChI is InChI=1S/C20H40N/c1-5-9-11-12-13-14-15-16-20-21(17-7-3,18-8-4)19-10-6-2/h7-8H,3-6,9-20H2,1-2H3/q+1. The molecule has 0 unspecified atom stereocenters. The first kappa shape index (κ1) is 20.4. The molecule has 0 aliphatic heterocycles. The van der Waals surface area contributed by atoms with Gasteiger partial charge in [0.25, 0.3) is 0 Å². The molecule has 21 heavy (non-hydrogen) atoms. The van der Waals surface area contributed by atoms with Crippen LogP contribution in [0.3, 0.4) is 0 Å². The quantitative estimate of drug-likeness (QED) is 0.183. The molecular weight excluding hydrogens is 254 g/mol. The van der Waals surface area contributed by atoms with E-state index in [9.17, 15) is 0 Å². The zero-order valence-corrected chi connectivity index (χ0v) is 14.9. The molecular formula is C20H40N+. The van der Waals surface area contributed by atoms with Crippen LogP contribution < -0.4 is 0 Å². The lowest BCUT2D eigenvalue weighted by atomic mass is 10.1. The van der Waals surface area contributed by atoms with Crippen LogP contribution in [-0.4, -0.2) is 30.7 Å². The Morgan fingerprint density at radius 3 is 1.52 bits per heavy atom. The highest BCUT2D eigenvalue weighted by Crippen LogP contribution is 2.15. The van der Waals surface area contributed by atoms with Crippen LogP contribution in [0, 0.1) is 0 Å². The molecule has 0 aliphatic carbocycles. The summed E-state index contributed by atoms with van der Waals surface area (Å²) in [5, 5.41) is 0. The van der Waals surface area contributed by atoms with E-state index in [0.717, 1.165) is 13.1 Å². The van der Waals surface area contributed by atoms with Crippen molar-refractivity contribution < 1.29 is 4.48 Å². The van der Waals surface area contributed by atoms with Crippen LogP contribution in [0.4, 0.5) is 0 Å². The summed E-state index contributed by atoms with van der Waals surface area (Å²) in [6, 6.07) is 0. The highest BCUT2D eigenvalue weighted by Gasteiger charge is 2.23. The number of rotatable bonds is 16. The molecule has 0 saturated heterocycles. The Bertz CT molecular complexity index is 234. The van der Waals surface area contributed by atoms with Crippen molar-refractivity contribution in [1.29, 1.82) is 0 Å². The Balaban J connectivity index is 3.98. The summed E-state index contributed by atoms with van der Waals surface area (Å²) in [5.41, 5.74) is 0. The smallest absolute Gasteiger partial charge is 0.0973 e. The molecule has 0 aromatic rings. The molecule has 0 saturated carbocycles. The number of quaternary nitrogens is 1. The van der Waals surface area contributed by atoms with Gasteiger partial charge in [-0.05, 0) is 31.4 Å². The minimum atomic E-state index is 1.10. The van der Waals surface area contributed by atoms with Gasteiger partial charge in [0, 0.05) is 0 Å². The monoisotopic (exact) mass is 294 g/mol. The zero-order valence-electron chi connectivity index (χ0n) is 14.9. The molecule has 0 aromatic carbocycles. The largest absolute Gasteiger partial charge is 0.317 e. The Morgan fingerprint density at radius 1 is 0.619 bits per heavy atom. The summed E-state index contributed by atoms with van der Waals surface area (Å²) in [6.07, 6.45) is 18.0. The average molecular weight is 295 g/mol. The van der Waals surface area contributed by atoms with Crippen LogP contribution in [0.2, 0.25) is 0 Å². The van der Waals surface area contributed by atoms with Gasteiger partial charge in [-0.25, -0.2) is 0 Å². The topological polar surface area (TPSA) is 0 Å². The number of unbranched alkanes of at least 4 members (excludes halogenated alkanes) is 8. The summed E-state index contributed by atoms with van der Waals surface area (Å²) >= 11 is 0. The Labute approximate surface area is 134 Å². The molecule has 0 bridgehead atoms. The average Bonchev–Trinajstić information content (AvgIpc) is 2.48. The maximum atomic E-state index is 3.97. The van der Waals surface area contributed by atoms with Crippen LogP contribution in [0.5, 0.6) is 0 Å². The van der Waals surface area contributed by atoms with E-state index >= 15 is 0 Å². The number of hydrogen-bond donors (Lipinski definition) is 0. The van der Waals surface area contributed by atoms with Gasteiger partial charge in [0.15, 0.2) is 0 Å². The molecule has 0 spiro atoms. The lowest BCUT2D eigenvalue weighted by Crippen LogP contribution is -2.49. The normalized spacial score (nSPS) is 11.5. The lowest BCUT2D eigenvalue weighted by molar-refractivity contribution is -0.917. The first-order valence-electron chi connectivity index (χ1n) is 9.31. The van der Waals surface area contributed by atoms with Gasteiger partial charge < -0.3 is 4.48 Å². The van der Waals surface area contributed by atoms with Crippen molar-refractivity contribution in [2.45, 2.75) is 78.1 Å². The van der Waals surface area contributed by atoms with Gasteiger partial charge in [-0.3, -0.25) is 0 Å². The summed E-state index contributed by atoms with van der Waals surface area (Å²) in [4.78, 5) is 0. The van der Waals surface area contributed by atoms with E-state index in [-0.39, 0.29) is 0 Å². The van der Waals surface area contributed by atoms with Gasteiger partial charge in [-0.1, -0.05) is 72.0 Å². The molecule has 0 aromatic heterocycles. The molecule has 0 fully saturated rings. The van der Waals surface area contributed by atoms with Crippen LogP contribution in [0.25, 0.3) is 0 Å². The van der Waals surface area contributed by atoms with E-state index in [0.29, 0.717) is 0 Å². The van der Waals surface area contributed by atoms with Gasteiger partial charge in [-0.15, -0.1) is 0 Å². The summed E-state index contributed by atoms with van der Waals surface area (Å²) in [6.45, 7) is 17.3. The number of nitrogens with zero attached hydrogens (tertiary/aromatic N) is 1. The number of hydrogen-bond acceptors (Lipinski definition) is 0. The second-order valence-corrected chi connectivity index (χ2v) is 6.56. The molecule has 0 radical (unpaired) electrons. The fraction of sp³-hybridized carbons (Fsp3) is 0.800. The van der Waals surface area contributed by atoms with Crippen molar-refractivity contribution in [2.24, 2.45) is 0 Å². The third-order valence-corrected chi connectivity index (χ3v) is 4.50. The fourth-order valence-electron chi connectivity index (χ4n) is 3.17. The third-order valence-electron chi connectivity index (χ3n) is 4.50. The maximum absolute atomic E-state index is 3.97. The second-order valence-electron chi connectivity index (χ2n) is 6.56. The molecule has 124 valence electrons. The van der Waals surface area contributed by atoms with Crippen molar-refractivity contribution in [1.82, 2.24) is 0 Å². The molecule has 0 atom stereocenters. The molecule has 0 rings (SSSR count). The van der Waals surface area contributed by atoms with Crippen molar-refractivity contribution in [3.05, 3.63) is 25.3 Å². The lowest BCUT2D eigenvalue weighted by Gasteiger charge is -2.37. The minimum absolute atomic E-state index is 1.10. The predicted octanol–water partition coefficient (Wildman–Crippen LogP) is 6.12. The van der Waals surface area contributed by atoms with Crippen LogP contribution in [0.1, 0.15) is 78.1 Å². The van der Waals surface area contributed by atoms with Gasteiger partial charge in [0.1, 0.15) is 0 Å². The van der Waals surface area contributed by atoms with E-state index in [2.05, 4.69) is 39.2 Å². The molecule has 0 amide bonds. The highest BCUT2D eigenvalue weighted by atomic mass is 15.3. The minimum Gasteiger partial charge on any atom is -0.317 e. The molecule has 1 nitrogen and oxygen atoms in total. The molecule has 0 heterocycles. The van der Waals surface area contributed by atoms with Crippen molar-refractivity contribution in [3.63, 3.8) is 0 Å². The van der Waals surface area contributed by atoms with E-state index in [1.807, 2.05) is 0 Å². The molecule has 1 heteroatoms. The first-order valence-corrected chi connectivity index (χ1v) is 9.31. The van der Waals surface area contributed by atoms with Crippen LogP contribution in [0.15, 0.2) is 25.3 Å². The van der Waals surface area contributed by atoms with E-state index in [1.165, 1.54) is 81.8 Å². The maximum Gasteiger partial charge on any atom is 0.0973 e. The third kappa shape index (κ3) is 10.8. The van der Waals surface area contributed by atoms with Gasteiger partial charge >= 0.3 is 0 Å². The van der Waals surface area contributed by atoms with E-state index < -0.39 is 0 Å². The highest BCUT2D eigenvalue weighted by molar-refractivity contribution is 4.72. The Kier molecular flexibility index (Phi) is 14.0. The fourth-order valence-corrected chi connectivity index (χ4v) is 3.17. The van der Waals surface area contributed by atoms with Gasteiger partial charge in [-0.2, -0.15) is 0 Å². The second kappa shape index (κ2) is 14.4. The predicted molar refractivity (Wildman–Crippen MR) is 97.6 cm³/mol. The summed E-state index contributed by atoms with van der Waals surface area (Å²) < 4.78 is 1.18. The zero-order chi connectivity index (χ0) is 15.8. The van der Waals surface area contributed by atoms with E-state index in [1.54, 1.807) is 0 Å². The van der Waals surface area contributed by atoms with Crippen molar-refractivity contribution >= 4 is 0 Å². The molecule has 0 N–H and O–H groups in total.